The minimum absolute atomic E-state index is 0.0784. The van der Waals surface area contributed by atoms with Gasteiger partial charge < -0.3 is 14.8 Å². The number of nitrogens with zero attached hydrogens (tertiary/aromatic N) is 2. The number of nitrogens with one attached hydrogen (secondary N) is 1. The monoisotopic (exact) mass is 507 g/mol. The fraction of sp³-hybridized carbons (Fsp3) is 0.458. The lowest BCUT2D eigenvalue weighted by Gasteiger charge is -2.22. The molecule has 0 saturated heterocycles. The minimum atomic E-state index is -4.13. The Morgan fingerprint density at radius 1 is 1.03 bits per heavy atom. The zero-order valence-electron chi connectivity index (χ0n) is 20.3. The highest BCUT2D eigenvalue weighted by molar-refractivity contribution is 7.89. The average Bonchev–Trinajstić information content (AvgIpc) is 2.79. The molecule has 2 aromatic rings. The van der Waals surface area contributed by atoms with E-state index in [0.717, 1.165) is 5.56 Å². The first-order chi connectivity index (χ1) is 16.5. The summed E-state index contributed by atoms with van der Waals surface area (Å²) in [4.78, 5) is 22.0. The first-order valence-corrected chi connectivity index (χ1v) is 12.8. The molecule has 0 atom stereocenters. The summed E-state index contributed by atoms with van der Waals surface area (Å²) in [5.74, 6) is 0. The SMILES string of the molecule is CC(C)(C)OC(=O)NCCCOCCCN(Cc1ccccc1)S(=O)(=O)c1ccccc1[N+](=O)[O-]. The van der Waals surface area contributed by atoms with Crippen molar-refractivity contribution >= 4 is 21.8 Å². The van der Waals surface area contributed by atoms with Gasteiger partial charge in [-0.3, -0.25) is 10.1 Å². The molecule has 0 bridgehead atoms. The van der Waals surface area contributed by atoms with Gasteiger partial charge in [0.2, 0.25) is 10.0 Å². The molecule has 0 aliphatic carbocycles. The van der Waals surface area contributed by atoms with Gasteiger partial charge in [-0.2, -0.15) is 4.31 Å². The van der Waals surface area contributed by atoms with Crippen LogP contribution in [0.15, 0.2) is 59.5 Å². The maximum atomic E-state index is 13.4. The van der Waals surface area contributed by atoms with Crippen LogP contribution in [0.5, 0.6) is 0 Å². The van der Waals surface area contributed by atoms with Crippen LogP contribution in [0.1, 0.15) is 39.2 Å². The number of carbonyl (C=O) groups is 1. The summed E-state index contributed by atoms with van der Waals surface area (Å²) in [6.07, 6.45) is 0.475. The molecule has 1 N–H and O–H groups in total. The number of hydrogen-bond acceptors (Lipinski definition) is 7. The fourth-order valence-electron chi connectivity index (χ4n) is 3.16. The molecule has 2 rings (SSSR count). The van der Waals surface area contributed by atoms with Crippen LogP contribution in [0.3, 0.4) is 0 Å². The average molecular weight is 508 g/mol. The quantitative estimate of drug-likeness (QED) is 0.245. The molecule has 0 spiro atoms. The highest BCUT2D eigenvalue weighted by Crippen LogP contribution is 2.27. The van der Waals surface area contributed by atoms with Gasteiger partial charge in [-0.15, -0.1) is 0 Å². The normalized spacial score (nSPS) is 11.9. The van der Waals surface area contributed by atoms with Gasteiger partial charge in [0, 0.05) is 38.9 Å². The van der Waals surface area contributed by atoms with Crippen LogP contribution in [0.4, 0.5) is 10.5 Å². The highest BCUT2D eigenvalue weighted by atomic mass is 32.2. The molecule has 11 heteroatoms. The lowest BCUT2D eigenvalue weighted by molar-refractivity contribution is -0.387. The number of rotatable bonds is 13. The maximum absolute atomic E-state index is 13.4. The first-order valence-electron chi connectivity index (χ1n) is 11.3. The second-order valence-corrected chi connectivity index (χ2v) is 10.7. The molecule has 0 heterocycles. The Balaban J connectivity index is 1.93. The van der Waals surface area contributed by atoms with Crippen molar-refractivity contribution in [3.8, 4) is 0 Å². The van der Waals surface area contributed by atoms with Crippen molar-refractivity contribution in [3.63, 3.8) is 0 Å². The Morgan fingerprint density at radius 2 is 1.66 bits per heavy atom. The van der Waals surface area contributed by atoms with Crippen LogP contribution in [-0.2, 0) is 26.0 Å². The number of carbonyl (C=O) groups excluding carboxylic acids is 1. The summed E-state index contributed by atoms with van der Waals surface area (Å²) in [6, 6.07) is 14.4. The molecule has 0 fully saturated rings. The number of hydrogen-bond donors (Lipinski definition) is 1. The molecule has 0 aliphatic rings. The maximum Gasteiger partial charge on any atom is 0.407 e. The van der Waals surface area contributed by atoms with Gasteiger partial charge in [-0.05, 0) is 45.2 Å². The largest absolute Gasteiger partial charge is 0.444 e. The number of nitro benzene ring substituents is 1. The number of benzene rings is 2. The van der Waals surface area contributed by atoms with Gasteiger partial charge in [0.25, 0.3) is 5.69 Å². The van der Waals surface area contributed by atoms with E-state index >= 15 is 0 Å². The number of alkyl carbamates (subject to hydrolysis) is 1. The lowest BCUT2D eigenvalue weighted by Crippen LogP contribution is -2.33. The predicted octanol–water partition coefficient (Wildman–Crippen LogP) is 4.11. The Bertz CT molecular complexity index is 1070. The molecule has 0 saturated carbocycles. The molecule has 0 unspecified atom stereocenters. The lowest BCUT2D eigenvalue weighted by atomic mass is 10.2. The Morgan fingerprint density at radius 3 is 2.31 bits per heavy atom. The third kappa shape index (κ3) is 9.63. The van der Waals surface area contributed by atoms with Gasteiger partial charge in [0.05, 0.1) is 4.92 Å². The van der Waals surface area contributed by atoms with Crippen molar-refractivity contribution in [1.82, 2.24) is 9.62 Å². The van der Waals surface area contributed by atoms with E-state index in [1.807, 2.05) is 6.07 Å². The highest BCUT2D eigenvalue weighted by Gasteiger charge is 2.31. The number of para-hydroxylation sites is 1. The van der Waals surface area contributed by atoms with Crippen molar-refractivity contribution < 1.29 is 27.6 Å². The van der Waals surface area contributed by atoms with Gasteiger partial charge in [-0.1, -0.05) is 42.5 Å². The first kappa shape index (κ1) is 28.2. The molecule has 1 amide bonds. The van der Waals surface area contributed by atoms with Crippen molar-refractivity contribution in [2.45, 2.75) is 50.7 Å². The van der Waals surface area contributed by atoms with E-state index in [1.165, 1.54) is 28.6 Å². The van der Waals surface area contributed by atoms with Crippen LogP contribution in [-0.4, -0.2) is 55.6 Å². The number of sulfonamides is 1. The zero-order valence-corrected chi connectivity index (χ0v) is 21.1. The molecule has 192 valence electrons. The zero-order chi connectivity index (χ0) is 25.9. The van der Waals surface area contributed by atoms with Crippen molar-refractivity contribution in [2.24, 2.45) is 0 Å². The van der Waals surface area contributed by atoms with Crippen LogP contribution >= 0.6 is 0 Å². The second kappa shape index (κ2) is 13.2. The minimum Gasteiger partial charge on any atom is -0.444 e. The third-order valence-electron chi connectivity index (χ3n) is 4.71. The summed E-state index contributed by atoms with van der Waals surface area (Å²) < 4.78 is 38.7. The van der Waals surface area contributed by atoms with E-state index in [1.54, 1.807) is 45.0 Å². The van der Waals surface area contributed by atoms with E-state index in [-0.39, 0.29) is 18.0 Å². The van der Waals surface area contributed by atoms with E-state index in [4.69, 9.17) is 9.47 Å². The smallest absolute Gasteiger partial charge is 0.407 e. The number of amides is 1. The van der Waals surface area contributed by atoms with E-state index in [9.17, 15) is 23.3 Å². The molecule has 0 aliphatic heterocycles. The van der Waals surface area contributed by atoms with Gasteiger partial charge in [0.1, 0.15) is 5.60 Å². The van der Waals surface area contributed by atoms with Crippen molar-refractivity contribution in [2.75, 3.05) is 26.3 Å². The van der Waals surface area contributed by atoms with E-state index in [2.05, 4.69) is 5.32 Å². The number of nitro groups is 1. The molecule has 35 heavy (non-hydrogen) atoms. The Kier molecular flexibility index (Phi) is 10.6. The van der Waals surface area contributed by atoms with Gasteiger partial charge in [-0.25, -0.2) is 13.2 Å². The molecule has 0 aromatic heterocycles. The van der Waals surface area contributed by atoms with Crippen LogP contribution < -0.4 is 5.32 Å². The van der Waals surface area contributed by atoms with E-state index in [0.29, 0.717) is 32.6 Å². The molecule has 2 aromatic carbocycles. The standard InChI is InChI=1S/C24H33N3O7S/c1-24(2,3)34-23(28)25-15-9-17-33-18-10-16-26(19-20-11-5-4-6-12-20)35(31,32)22-14-8-7-13-21(22)27(29)30/h4-8,11-14H,9-10,15-19H2,1-3H3,(H,25,28). The van der Waals surface area contributed by atoms with Crippen LogP contribution in [0.25, 0.3) is 0 Å². The summed E-state index contributed by atoms with van der Waals surface area (Å²) >= 11 is 0. The Hall–Kier alpha value is -3.02. The number of ether oxygens (including phenoxy) is 2. The second-order valence-electron chi connectivity index (χ2n) is 8.80. The van der Waals surface area contributed by atoms with Crippen molar-refractivity contribution in [1.29, 1.82) is 0 Å². The predicted molar refractivity (Wildman–Crippen MR) is 131 cm³/mol. The summed E-state index contributed by atoms with van der Waals surface area (Å²) in [6.45, 7) is 6.62. The van der Waals surface area contributed by atoms with Crippen LogP contribution in [0.2, 0.25) is 0 Å². The molecular formula is C24H33N3O7S. The van der Waals surface area contributed by atoms with Crippen LogP contribution in [0, 0.1) is 10.1 Å². The molecular weight excluding hydrogens is 474 g/mol. The summed E-state index contributed by atoms with van der Waals surface area (Å²) in [7, 11) is -4.13. The Labute approximate surface area is 206 Å². The topological polar surface area (TPSA) is 128 Å². The summed E-state index contributed by atoms with van der Waals surface area (Å²) in [5, 5.41) is 14.1. The molecule has 10 nitrogen and oxygen atoms in total. The molecule has 0 radical (unpaired) electrons. The van der Waals surface area contributed by atoms with Gasteiger partial charge >= 0.3 is 6.09 Å². The van der Waals surface area contributed by atoms with Gasteiger partial charge in [0.15, 0.2) is 4.90 Å². The fourth-order valence-corrected chi connectivity index (χ4v) is 4.78. The van der Waals surface area contributed by atoms with Crippen molar-refractivity contribution in [3.05, 3.63) is 70.3 Å². The third-order valence-corrected chi connectivity index (χ3v) is 6.60. The van der Waals surface area contributed by atoms with E-state index < -0.39 is 32.3 Å². The summed E-state index contributed by atoms with van der Waals surface area (Å²) in [5.41, 5.74) is -0.254.